The van der Waals surface area contributed by atoms with E-state index in [0.29, 0.717) is 5.11 Å². The van der Waals surface area contributed by atoms with Crippen molar-refractivity contribution in [2.24, 2.45) is 0 Å². The van der Waals surface area contributed by atoms with Gasteiger partial charge >= 0.3 is 0 Å². The molecular weight excluding hydrogens is 419 g/mol. The van der Waals surface area contributed by atoms with Crippen molar-refractivity contribution in [1.29, 1.82) is 0 Å². The maximum atomic E-state index is 13.6. The van der Waals surface area contributed by atoms with E-state index >= 15 is 0 Å². The predicted molar refractivity (Wildman–Crippen MR) is 129 cm³/mol. The number of nitrogens with one attached hydrogen (secondary N) is 1. The van der Waals surface area contributed by atoms with Gasteiger partial charge in [-0.3, -0.25) is 4.98 Å². The number of anilines is 1. The Morgan fingerprint density at radius 3 is 2.38 bits per heavy atom. The zero-order chi connectivity index (χ0) is 22.1. The first-order valence-corrected chi connectivity index (χ1v) is 11.1. The van der Waals surface area contributed by atoms with E-state index < -0.39 is 0 Å². The van der Waals surface area contributed by atoms with Crippen LogP contribution in [0, 0.1) is 5.82 Å². The van der Waals surface area contributed by atoms with Gasteiger partial charge in [0.1, 0.15) is 11.9 Å². The van der Waals surface area contributed by atoms with Crippen LogP contribution in [0.25, 0.3) is 5.69 Å². The highest BCUT2D eigenvalue weighted by Gasteiger charge is 2.42. The Morgan fingerprint density at radius 1 is 0.938 bits per heavy atom. The fourth-order valence-corrected chi connectivity index (χ4v) is 4.64. The quantitative estimate of drug-likeness (QED) is 0.399. The Hall–Kier alpha value is -3.51. The lowest BCUT2D eigenvalue weighted by atomic mass is 10.0. The van der Waals surface area contributed by atoms with Crippen molar-refractivity contribution in [2.45, 2.75) is 25.4 Å². The van der Waals surface area contributed by atoms with E-state index in [2.05, 4.69) is 57.0 Å². The Kier molecular flexibility index (Phi) is 5.45. The maximum Gasteiger partial charge on any atom is 0.174 e. The molecule has 1 N–H and O–H groups in total. The van der Waals surface area contributed by atoms with Gasteiger partial charge in [-0.05, 0) is 84.9 Å². The van der Waals surface area contributed by atoms with Crippen molar-refractivity contribution in [1.82, 2.24) is 14.9 Å². The van der Waals surface area contributed by atoms with Gasteiger partial charge in [-0.1, -0.05) is 25.1 Å². The number of nitrogens with zero attached hydrogens (tertiary/aromatic N) is 3. The second-order valence-corrected chi connectivity index (χ2v) is 8.18. The highest BCUT2D eigenvalue weighted by atomic mass is 32.1. The summed E-state index contributed by atoms with van der Waals surface area (Å²) in [5.74, 6) is -0.254. The summed E-state index contributed by atoms with van der Waals surface area (Å²) >= 11 is 5.82. The van der Waals surface area contributed by atoms with Crippen molar-refractivity contribution in [3.8, 4) is 5.69 Å². The van der Waals surface area contributed by atoms with Gasteiger partial charge < -0.3 is 14.8 Å². The number of rotatable bonds is 5. The lowest BCUT2D eigenvalue weighted by Gasteiger charge is -2.29. The molecule has 2 atom stereocenters. The van der Waals surface area contributed by atoms with Crippen molar-refractivity contribution in [2.75, 3.05) is 4.90 Å². The number of halogens is 1. The normalized spacial score (nSPS) is 18.1. The van der Waals surface area contributed by atoms with Crippen LogP contribution in [0.2, 0.25) is 0 Å². The standard InChI is InChI=1S/C26H23FN4S/c1-2-18-8-12-21(13-9-18)31-25(24(29-26(31)32)22-6-3-4-16-28-22)23-7-5-17-30(23)20-14-10-19(27)11-15-20/h3-17,24-25H,2H2,1H3,(H,29,32)/t24-,25+/m1/s1. The molecule has 4 nitrogen and oxygen atoms in total. The van der Waals surface area contributed by atoms with Gasteiger partial charge in [0.15, 0.2) is 5.11 Å². The molecule has 5 rings (SSSR count). The molecule has 1 saturated heterocycles. The third-order valence-electron chi connectivity index (χ3n) is 5.91. The Balaban J connectivity index is 1.64. The molecule has 0 bridgehead atoms. The number of aromatic nitrogens is 2. The van der Waals surface area contributed by atoms with Gasteiger partial charge in [0.25, 0.3) is 0 Å². The maximum absolute atomic E-state index is 13.6. The summed E-state index contributed by atoms with van der Waals surface area (Å²) in [6, 6.07) is 24.8. The minimum atomic E-state index is -0.254. The first-order chi connectivity index (χ1) is 15.7. The molecule has 32 heavy (non-hydrogen) atoms. The third-order valence-corrected chi connectivity index (χ3v) is 6.22. The minimum Gasteiger partial charge on any atom is -0.351 e. The largest absolute Gasteiger partial charge is 0.351 e. The molecule has 0 unspecified atom stereocenters. The third kappa shape index (κ3) is 3.67. The van der Waals surface area contributed by atoms with Gasteiger partial charge in [0.2, 0.25) is 0 Å². The first kappa shape index (κ1) is 20.4. The minimum absolute atomic E-state index is 0.134. The van der Waals surface area contributed by atoms with Crippen LogP contribution in [0.4, 0.5) is 10.1 Å². The first-order valence-electron chi connectivity index (χ1n) is 10.7. The molecule has 1 aliphatic rings. The zero-order valence-corrected chi connectivity index (χ0v) is 18.5. The van der Waals surface area contributed by atoms with Crippen LogP contribution in [-0.4, -0.2) is 14.7 Å². The zero-order valence-electron chi connectivity index (χ0n) is 17.6. The van der Waals surface area contributed by atoms with Gasteiger partial charge in [0, 0.05) is 29.5 Å². The molecule has 2 aromatic carbocycles. The molecule has 6 heteroatoms. The van der Waals surface area contributed by atoms with Gasteiger partial charge in [-0.25, -0.2) is 4.39 Å². The fraction of sp³-hybridized carbons (Fsp3) is 0.154. The monoisotopic (exact) mass is 442 g/mol. The number of aryl methyl sites for hydroxylation is 1. The van der Waals surface area contributed by atoms with Crippen molar-refractivity contribution in [3.05, 3.63) is 114 Å². The number of hydrogen-bond acceptors (Lipinski definition) is 2. The molecule has 1 aliphatic heterocycles. The van der Waals surface area contributed by atoms with Crippen LogP contribution in [0.1, 0.15) is 36.0 Å². The van der Waals surface area contributed by atoms with Gasteiger partial charge in [-0.15, -0.1) is 0 Å². The van der Waals surface area contributed by atoms with Crippen LogP contribution in [0.3, 0.4) is 0 Å². The van der Waals surface area contributed by atoms with Gasteiger partial charge in [0.05, 0.1) is 11.7 Å². The topological polar surface area (TPSA) is 33.1 Å². The summed E-state index contributed by atoms with van der Waals surface area (Å²) in [6.07, 6.45) is 4.78. The van der Waals surface area contributed by atoms with Crippen molar-refractivity contribution >= 4 is 23.0 Å². The molecule has 160 valence electrons. The summed E-state index contributed by atoms with van der Waals surface area (Å²) in [6.45, 7) is 2.15. The van der Waals surface area contributed by atoms with E-state index in [0.717, 1.165) is 29.2 Å². The van der Waals surface area contributed by atoms with Crippen molar-refractivity contribution < 1.29 is 4.39 Å². The molecule has 0 radical (unpaired) electrons. The molecule has 1 fully saturated rings. The molecule has 0 amide bonds. The summed E-state index contributed by atoms with van der Waals surface area (Å²) in [4.78, 5) is 6.77. The highest BCUT2D eigenvalue weighted by molar-refractivity contribution is 7.80. The summed E-state index contributed by atoms with van der Waals surface area (Å²) in [5, 5.41) is 4.15. The van der Waals surface area contributed by atoms with Crippen LogP contribution in [-0.2, 0) is 6.42 Å². The highest BCUT2D eigenvalue weighted by Crippen LogP contribution is 2.42. The molecule has 0 saturated carbocycles. The van der Waals surface area contributed by atoms with Crippen LogP contribution in [0.5, 0.6) is 0 Å². The van der Waals surface area contributed by atoms with Crippen LogP contribution < -0.4 is 10.2 Å². The second kappa shape index (κ2) is 8.55. The van der Waals surface area contributed by atoms with Crippen LogP contribution >= 0.6 is 12.2 Å². The Labute approximate surface area is 192 Å². The average Bonchev–Trinajstić information content (AvgIpc) is 3.44. The molecule has 2 aromatic heterocycles. The number of thiocarbonyl (C=S) groups is 1. The second-order valence-electron chi connectivity index (χ2n) is 7.80. The van der Waals surface area contributed by atoms with E-state index in [9.17, 15) is 4.39 Å². The lowest BCUT2D eigenvalue weighted by molar-refractivity contribution is 0.549. The molecule has 4 aromatic rings. The number of hydrogen-bond donors (Lipinski definition) is 1. The molecule has 3 heterocycles. The fourth-order valence-electron chi connectivity index (χ4n) is 4.30. The van der Waals surface area contributed by atoms with E-state index in [1.807, 2.05) is 30.5 Å². The van der Waals surface area contributed by atoms with E-state index in [4.69, 9.17) is 12.2 Å². The SMILES string of the molecule is CCc1ccc(N2C(=S)N[C@H](c3ccccn3)[C@@H]2c2cccn2-c2ccc(F)cc2)cc1. The van der Waals surface area contributed by atoms with Gasteiger partial charge in [-0.2, -0.15) is 0 Å². The summed E-state index contributed by atoms with van der Waals surface area (Å²) in [7, 11) is 0. The van der Waals surface area contributed by atoms with Crippen LogP contribution in [0.15, 0.2) is 91.3 Å². The molecule has 0 spiro atoms. The summed E-state index contributed by atoms with van der Waals surface area (Å²) < 4.78 is 15.6. The van der Waals surface area contributed by atoms with E-state index in [1.54, 1.807) is 18.3 Å². The van der Waals surface area contributed by atoms with Crippen molar-refractivity contribution in [3.63, 3.8) is 0 Å². The average molecular weight is 443 g/mol. The van der Waals surface area contributed by atoms with E-state index in [1.165, 1.54) is 17.7 Å². The smallest absolute Gasteiger partial charge is 0.174 e. The molecular formula is C26H23FN4S. The predicted octanol–water partition coefficient (Wildman–Crippen LogP) is 5.75. The Morgan fingerprint density at radius 2 is 1.69 bits per heavy atom. The number of benzene rings is 2. The number of pyridine rings is 1. The Bertz CT molecular complexity index is 1220. The summed E-state index contributed by atoms with van der Waals surface area (Å²) in [5.41, 5.74) is 5.15. The molecule has 0 aliphatic carbocycles. The van der Waals surface area contributed by atoms with E-state index in [-0.39, 0.29) is 17.9 Å². The lowest BCUT2D eigenvalue weighted by Crippen LogP contribution is -2.30.